The molecule has 5 nitrogen and oxygen atoms in total. The molecule has 1 unspecified atom stereocenters. The Labute approximate surface area is 233 Å². The Bertz CT molecular complexity index is 1470. The van der Waals surface area contributed by atoms with E-state index in [-0.39, 0.29) is 23.5 Å². The van der Waals surface area contributed by atoms with E-state index in [1.807, 2.05) is 43.3 Å². The fourth-order valence-electron chi connectivity index (χ4n) is 5.56. The van der Waals surface area contributed by atoms with Crippen molar-refractivity contribution >= 4 is 32.7 Å². The predicted octanol–water partition coefficient (Wildman–Crippen LogP) is 7.56. The molecule has 0 aliphatic heterocycles. The minimum atomic E-state index is -0.0927. The lowest BCUT2D eigenvalue weighted by molar-refractivity contribution is -0.307. The summed E-state index contributed by atoms with van der Waals surface area (Å²) in [5.74, 6) is -0.0690. The summed E-state index contributed by atoms with van der Waals surface area (Å²) in [6.45, 7) is 9.15. The Morgan fingerprint density at radius 2 is 1.79 bits per heavy atom. The molecule has 0 bridgehead atoms. The fraction of sp³-hybridized carbons (Fsp3) is 0.344. The number of fused-ring (bicyclic) bond motifs is 1. The zero-order chi connectivity index (χ0) is 27.0. The third-order valence-corrected chi connectivity index (χ3v) is 8.77. The second-order valence-corrected chi connectivity index (χ2v) is 11.5. The number of nitrogens with one attached hydrogen (secondary N) is 1. The topological polar surface area (TPSA) is 52.5 Å². The molecular weight excluding hydrogens is 540 g/mol. The molecule has 1 aliphatic carbocycles. The zero-order valence-corrected chi connectivity index (χ0v) is 24.3. The molecule has 1 aliphatic rings. The fourth-order valence-corrected chi connectivity index (χ4v) is 5.98. The Morgan fingerprint density at radius 1 is 1.05 bits per heavy atom. The van der Waals surface area contributed by atoms with Gasteiger partial charge >= 0.3 is 0 Å². The number of aryl methyl sites for hydroxylation is 1. The van der Waals surface area contributed by atoms with Gasteiger partial charge in [-0.25, -0.2) is 9.78 Å². The van der Waals surface area contributed by atoms with Crippen molar-refractivity contribution in [3.8, 4) is 0 Å². The molecule has 1 fully saturated rings. The summed E-state index contributed by atoms with van der Waals surface area (Å²) < 4.78 is 3.34. The average molecular weight is 576 g/mol. The van der Waals surface area contributed by atoms with Crippen LogP contribution in [0.1, 0.15) is 71.0 Å². The van der Waals surface area contributed by atoms with E-state index >= 15 is 0 Å². The first-order chi connectivity index (χ1) is 18.2. The van der Waals surface area contributed by atoms with Crippen molar-refractivity contribution in [3.63, 3.8) is 0 Å². The SMILES string of the molecule is COOC(C)C1(c2ccc(Cn3c(C)c(C)c4cc(C(=O)N[C@@H](C)c5cccc(Br)c5)ccc43)cc2)CC1. The molecule has 0 radical (unpaired) electrons. The van der Waals surface area contributed by atoms with E-state index in [9.17, 15) is 4.79 Å². The Morgan fingerprint density at radius 3 is 2.45 bits per heavy atom. The maximum absolute atomic E-state index is 13.1. The van der Waals surface area contributed by atoms with Gasteiger partial charge in [0.1, 0.15) is 0 Å². The number of benzene rings is 3. The monoisotopic (exact) mass is 574 g/mol. The first-order valence-corrected chi connectivity index (χ1v) is 14.0. The van der Waals surface area contributed by atoms with Gasteiger partial charge < -0.3 is 9.88 Å². The van der Waals surface area contributed by atoms with Crippen molar-refractivity contribution in [2.24, 2.45) is 0 Å². The van der Waals surface area contributed by atoms with Crippen LogP contribution < -0.4 is 5.32 Å². The molecule has 1 aromatic heterocycles. The van der Waals surface area contributed by atoms with Crippen LogP contribution in [-0.2, 0) is 21.7 Å². The Kier molecular flexibility index (Phi) is 7.49. The summed E-state index contributed by atoms with van der Waals surface area (Å²) in [5, 5.41) is 4.26. The Hall–Kier alpha value is -2.93. The van der Waals surface area contributed by atoms with Crippen LogP contribution in [0.25, 0.3) is 10.9 Å². The van der Waals surface area contributed by atoms with E-state index in [4.69, 9.17) is 9.78 Å². The van der Waals surface area contributed by atoms with Gasteiger partial charge in [0.05, 0.1) is 19.3 Å². The van der Waals surface area contributed by atoms with E-state index < -0.39 is 0 Å². The van der Waals surface area contributed by atoms with Gasteiger partial charge in [-0.1, -0.05) is 52.3 Å². The lowest BCUT2D eigenvalue weighted by atomic mass is 9.90. The molecule has 4 aromatic rings. The highest BCUT2D eigenvalue weighted by atomic mass is 79.9. The number of amides is 1. The minimum Gasteiger partial charge on any atom is -0.346 e. The first-order valence-electron chi connectivity index (χ1n) is 13.2. The molecule has 198 valence electrons. The van der Waals surface area contributed by atoms with E-state index in [2.05, 4.69) is 76.9 Å². The molecule has 1 heterocycles. The van der Waals surface area contributed by atoms with Gasteiger partial charge in [-0.3, -0.25) is 4.79 Å². The number of nitrogens with zero attached hydrogens (tertiary/aromatic N) is 1. The predicted molar refractivity (Wildman–Crippen MR) is 155 cm³/mol. The van der Waals surface area contributed by atoms with Gasteiger partial charge in [-0.15, -0.1) is 0 Å². The highest BCUT2D eigenvalue weighted by molar-refractivity contribution is 9.10. The summed E-state index contributed by atoms with van der Waals surface area (Å²) in [6.07, 6.45) is 2.27. The van der Waals surface area contributed by atoms with Crippen LogP contribution in [0, 0.1) is 13.8 Å². The molecule has 1 saturated carbocycles. The van der Waals surface area contributed by atoms with Crippen LogP contribution in [0.3, 0.4) is 0 Å². The molecule has 38 heavy (non-hydrogen) atoms. The third-order valence-electron chi connectivity index (χ3n) is 8.27. The summed E-state index contributed by atoms with van der Waals surface area (Å²) in [5.41, 5.74) is 7.91. The number of carbonyl (C=O) groups excluding carboxylic acids is 1. The van der Waals surface area contributed by atoms with E-state index in [1.165, 1.54) is 22.4 Å². The van der Waals surface area contributed by atoms with Gasteiger partial charge in [0, 0.05) is 38.6 Å². The smallest absolute Gasteiger partial charge is 0.251 e. The molecule has 5 rings (SSSR count). The molecule has 3 aromatic carbocycles. The van der Waals surface area contributed by atoms with Crippen LogP contribution >= 0.6 is 15.9 Å². The summed E-state index contributed by atoms with van der Waals surface area (Å²) in [4.78, 5) is 23.5. The number of aromatic nitrogens is 1. The molecule has 0 saturated heterocycles. The average Bonchev–Trinajstić information content (AvgIpc) is 3.69. The maximum Gasteiger partial charge on any atom is 0.251 e. The van der Waals surface area contributed by atoms with Crippen LogP contribution in [0.4, 0.5) is 0 Å². The highest BCUT2D eigenvalue weighted by Gasteiger charge is 2.50. The van der Waals surface area contributed by atoms with Crippen molar-refractivity contribution < 1.29 is 14.6 Å². The van der Waals surface area contributed by atoms with Gasteiger partial charge in [-0.05, 0) is 93.1 Å². The molecule has 1 amide bonds. The normalized spacial score (nSPS) is 15.8. The van der Waals surface area contributed by atoms with Crippen LogP contribution in [0.15, 0.2) is 71.2 Å². The van der Waals surface area contributed by atoms with Crippen molar-refractivity contribution in [1.29, 1.82) is 0 Å². The second kappa shape index (κ2) is 10.7. The number of halogens is 1. The van der Waals surface area contributed by atoms with Gasteiger partial charge in [0.15, 0.2) is 0 Å². The third kappa shape index (κ3) is 5.05. The van der Waals surface area contributed by atoms with E-state index in [1.54, 1.807) is 7.11 Å². The standard InChI is InChI=1S/C32H35BrN2O3/c1-20-22(3)35(19-24-9-12-27(13-10-24)32(15-16-32)23(4)38-37-5)30-14-11-26(18-29(20)30)31(36)34-21(2)25-7-6-8-28(33)17-25/h6-14,17-18,21,23H,15-16,19H2,1-5H3,(H,34,36)/t21-,23?/m0/s1. The summed E-state index contributed by atoms with van der Waals surface area (Å²) >= 11 is 3.51. The molecule has 2 atom stereocenters. The molecule has 6 heteroatoms. The highest BCUT2D eigenvalue weighted by Crippen LogP contribution is 2.52. The largest absolute Gasteiger partial charge is 0.346 e. The van der Waals surface area contributed by atoms with Gasteiger partial charge in [0.25, 0.3) is 5.91 Å². The number of rotatable bonds is 9. The van der Waals surface area contributed by atoms with Crippen LogP contribution in [-0.4, -0.2) is 23.7 Å². The van der Waals surface area contributed by atoms with Crippen molar-refractivity contribution in [1.82, 2.24) is 9.88 Å². The maximum atomic E-state index is 13.1. The number of hydrogen-bond acceptors (Lipinski definition) is 3. The van der Waals surface area contributed by atoms with Crippen LogP contribution in [0.2, 0.25) is 0 Å². The van der Waals surface area contributed by atoms with Gasteiger partial charge in [0.2, 0.25) is 0 Å². The number of hydrogen-bond donors (Lipinski definition) is 1. The molecular formula is C32H35BrN2O3. The van der Waals surface area contributed by atoms with Crippen molar-refractivity contribution in [2.75, 3.05) is 7.11 Å². The van der Waals surface area contributed by atoms with Crippen molar-refractivity contribution in [3.05, 3.63) is 105 Å². The zero-order valence-electron chi connectivity index (χ0n) is 22.7. The lowest BCUT2D eigenvalue weighted by Crippen LogP contribution is -2.26. The number of carbonyl (C=O) groups is 1. The summed E-state index contributed by atoms with van der Waals surface area (Å²) in [7, 11) is 1.57. The first kappa shape index (κ1) is 26.7. The summed E-state index contributed by atoms with van der Waals surface area (Å²) in [6, 6.07) is 22.9. The van der Waals surface area contributed by atoms with Crippen LogP contribution in [0.5, 0.6) is 0 Å². The lowest BCUT2D eigenvalue weighted by Gasteiger charge is -2.22. The van der Waals surface area contributed by atoms with Crippen molar-refractivity contribution in [2.45, 2.75) is 64.6 Å². The minimum absolute atomic E-state index is 0.0283. The molecule has 0 spiro atoms. The molecule has 1 N–H and O–H groups in total. The van der Waals surface area contributed by atoms with E-state index in [0.29, 0.717) is 5.56 Å². The second-order valence-electron chi connectivity index (χ2n) is 10.5. The Balaban J connectivity index is 1.35. The van der Waals surface area contributed by atoms with E-state index in [0.717, 1.165) is 40.3 Å². The van der Waals surface area contributed by atoms with Gasteiger partial charge in [-0.2, -0.15) is 0 Å². The quantitative estimate of drug-likeness (QED) is 0.166.